The Bertz CT molecular complexity index is 596. The summed E-state index contributed by atoms with van der Waals surface area (Å²) in [4.78, 5) is 9.13. The van der Waals surface area contributed by atoms with Crippen LogP contribution in [0.1, 0.15) is 35.5 Å². The predicted molar refractivity (Wildman–Crippen MR) is 80.6 cm³/mol. The van der Waals surface area contributed by atoms with Gasteiger partial charge >= 0.3 is 0 Å². The average molecular weight is 338 g/mol. The number of halogens is 2. The summed E-state index contributed by atoms with van der Waals surface area (Å²) in [6.45, 7) is 0. The van der Waals surface area contributed by atoms with Gasteiger partial charge in [-0.05, 0) is 43.4 Å². The Morgan fingerprint density at radius 1 is 1.05 bits per heavy atom. The predicted octanol–water partition coefficient (Wildman–Crippen LogP) is 4.36. The van der Waals surface area contributed by atoms with Gasteiger partial charge in [0.15, 0.2) is 0 Å². The molecule has 0 atom stereocenters. The van der Waals surface area contributed by atoms with Crippen LogP contribution in [0.25, 0.3) is 0 Å². The Kier molecular flexibility index (Phi) is 3.85. The van der Waals surface area contributed by atoms with Gasteiger partial charge in [-0.1, -0.05) is 39.7 Å². The Labute approximate surface area is 126 Å². The smallest absolute Gasteiger partial charge is 0.136 e. The summed E-state index contributed by atoms with van der Waals surface area (Å²) in [7, 11) is 0. The molecule has 1 aliphatic carbocycles. The number of hydrogen-bond acceptors (Lipinski definition) is 2. The van der Waals surface area contributed by atoms with Crippen molar-refractivity contribution in [1.82, 2.24) is 9.97 Å². The molecule has 1 aromatic heterocycles. The first-order valence-electron chi connectivity index (χ1n) is 6.51. The first kappa shape index (κ1) is 13.1. The maximum Gasteiger partial charge on any atom is 0.136 e. The van der Waals surface area contributed by atoms with Crippen LogP contribution in [0.15, 0.2) is 28.7 Å². The molecule has 1 aliphatic rings. The second kappa shape index (κ2) is 5.59. The van der Waals surface area contributed by atoms with Gasteiger partial charge in [-0.2, -0.15) is 0 Å². The molecule has 0 unspecified atom stereocenters. The molecular weight excluding hydrogens is 324 g/mol. The molecule has 0 bridgehead atoms. The third kappa shape index (κ3) is 2.98. The summed E-state index contributed by atoms with van der Waals surface area (Å²) in [6, 6.07) is 8.24. The van der Waals surface area contributed by atoms with Crippen molar-refractivity contribution in [3.63, 3.8) is 0 Å². The number of hydrogen-bond donors (Lipinski definition) is 0. The fourth-order valence-electron chi connectivity index (χ4n) is 2.46. The molecule has 0 radical (unpaired) electrons. The minimum atomic E-state index is 0.650. The van der Waals surface area contributed by atoms with Crippen molar-refractivity contribution in [1.29, 1.82) is 0 Å². The van der Waals surface area contributed by atoms with E-state index in [0.29, 0.717) is 5.15 Å². The molecule has 1 heterocycles. The zero-order chi connectivity index (χ0) is 13.2. The molecule has 2 nitrogen and oxygen atoms in total. The van der Waals surface area contributed by atoms with E-state index in [1.807, 2.05) is 12.1 Å². The number of benzene rings is 1. The van der Waals surface area contributed by atoms with E-state index in [0.717, 1.165) is 40.8 Å². The summed E-state index contributed by atoms with van der Waals surface area (Å²) in [5, 5.41) is 0.650. The van der Waals surface area contributed by atoms with Gasteiger partial charge < -0.3 is 0 Å². The lowest BCUT2D eigenvalue weighted by Gasteiger charge is -2.16. The molecule has 0 spiro atoms. The molecular formula is C15H14BrClN2. The van der Waals surface area contributed by atoms with Crippen LogP contribution in [0.3, 0.4) is 0 Å². The van der Waals surface area contributed by atoms with Gasteiger partial charge in [-0.15, -0.1) is 0 Å². The number of aromatic nitrogens is 2. The Balaban J connectivity index is 1.89. The number of aryl methyl sites for hydroxylation is 1. The first-order chi connectivity index (χ1) is 9.22. The van der Waals surface area contributed by atoms with E-state index in [4.69, 9.17) is 11.6 Å². The number of nitrogens with zero attached hydrogens (tertiary/aromatic N) is 2. The molecule has 4 heteroatoms. The lowest BCUT2D eigenvalue weighted by Crippen LogP contribution is -2.10. The lowest BCUT2D eigenvalue weighted by atomic mass is 9.97. The summed E-state index contributed by atoms with van der Waals surface area (Å²) >= 11 is 9.72. The van der Waals surface area contributed by atoms with Crippen LogP contribution in [0.4, 0.5) is 0 Å². The maximum absolute atomic E-state index is 6.28. The van der Waals surface area contributed by atoms with E-state index in [9.17, 15) is 0 Å². The SMILES string of the molecule is Clc1nc(Cc2ccc(Br)cc2)nc2c1CCCC2. The van der Waals surface area contributed by atoms with Crippen LogP contribution in [0.5, 0.6) is 0 Å². The summed E-state index contributed by atoms with van der Waals surface area (Å²) in [5.41, 5.74) is 3.51. The third-order valence-electron chi connectivity index (χ3n) is 3.45. The second-order valence-corrected chi connectivity index (χ2v) is 6.14. The topological polar surface area (TPSA) is 25.8 Å². The van der Waals surface area contributed by atoms with Crippen molar-refractivity contribution in [2.45, 2.75) is 32.1 Å². The highest BCUT2D eigenvalue weighted by Crippen LogP contribution is 2.25. The monoisotopic (exact) mass is 336 g/mol. The highest BCUT2D eigenvalue weighted by atomic mass is 79.9. The number of fused-ring (bicyclic) bond motifs is 1. The lowest BCUT2D eigenvalue weighted by molar-refractivity contribution is 0.656. The molecule has 1 aromatic carbocycles. The molecule has 0 aliphatic heterocycles. The highest BCUT2D eigenvalue weighted by molar-refractivity contribution is 9.10. The van der Waals surface area contributed by atoms with Gasteiger partial charge in [0, 0.05) is 22.2 Å². The number of rotatable bonds is 2. The Morgan fingerprint density at radius 3 is 2.58 bits per heavy atom. The normalized spacial score (nSPS) is 14.2. The van der Waals surface area contributed by atoms with Crippen molar-refractivity contribution in [3.8, 4) is 0 Å². The van der Waals surface area contributed by atoms with Gasteiger partial charge in [-0.25, -0.2) is 9.97 Å². The largest absolute Gasteiger partial charge is 0.237 e. The first-order valence-corrected chi connectivity index (χ1v) is 7.68. The van der Waals surface area contributed by atoms with Crippen molar-refractivity contribution >= 4 is 27.5 Å². The summed E-state index contributed by atoms with van der Waals surface area (Å²) in [5.74, 6) is 0.827. The van der Waals surface area contributed by atoms with Gasteiger partial charge in [0.2, 0.25) is 0 Å². The molecule has 0 saturated carbocycles. The van der Waals surface area contributed by atoms with Gasteiger partial charge in [0.25, 0.3) is 0 Å². The molecule has 0 saturated heterocycles. The van der Waals surface area contributed by atoms with Crippen molar-refractivity contribution < 1.29 is 0 Å². The molecule has 2 aromatic rings. The van der Waals surface area contributed by atoms with E-state index < -0.39 is 0 Å². The van der Waals surface area contributed by atoms with Crippen LogP contribution in [-0.4, -0.2) is 9.97 Å². The summed E-state index contributed by atoms with van der Waals surface area (Å²) < 4.78 is 1.08. The molecule has 0 N–H and O–H groups in total. The Morgan fingerprint density at radius 2 is 1.79 bits per heavy atom. The quantitative estimate of drug-likeness (QED) is 0.761. The van der Waals surface area contributed by atoms with E-state index in [-0.39, 0.29) is 0 Å². The van der Waals surface area contributed by atoms with Crippen LogP contribution in [0.2, 0.25) is 5.15 Å². The minimum absolute atomic E-state index is 0.650. The fourth-order valence-corrected chi connectivity index (χ4v) is 3.03. The van der Waals surface area contributed by atoms with Gasteiger partial charge in [-0.3, -0.25) is 0 Å². The molecule has 0 amide bonds. The maximum atomic E-state index is 6.28. The van der Waals surface area contributed by atoms with Crippen LogP contribution < -0.4 is 0 Å². The Hall–Kier alpha value is -0.930. The summed E-state index contributed by atoms with van der Waals surface area (Å²) in [6.07, 6.45) is 5.19. The van der Waals surface area contributed by atoms with Gasteiger partial charge in [0.05, 0.1) is 0 Å². The van der Waals surface area contributed by atoms with Crippen molar-refractivity contribution in [2.24, 2.45) is 0 Å². The standard InChI is InChI=1S/C15H14BrClN2/c16-11-7-5-10(6-8-11)9-14-18-13-4-2-1-3-12(13)15(17)19-14/h5-8H,1-4,9H2. The van der Waals surface area contributed by atoms with Crippen LogP contribution in [0, 0.1) is 0 Å². The van der Waals surface area contributed by atoms with Crippen molar-refractivity contribution in [2.75, 3.05) is 0 Å². The molecule has 3 rings (SSSR count). The van der Waals surface area contributed by atoms with Gasteiger partial charge in [0.1, 0.15) is 11.0 Å². The molecule has 98 valence electrons. The second-order valence-electron chi connectivity index (χ2n) is 4.87. The zero-order valence-electron chi connectivity index (χ0n) is 10.5. The van der Waals surface area contributed by atoms with E-state index in [1.165, 1.54) is 18.4 Å². The highest BCUT2D eigenvalue weighted by Gasteiger charge is 2.16. The zero-order valence-corrected chi connectivity index (χ0v) is 12.8. The van der Waals surface area contributed by atoms with Crippen LogP contribution in [-0.2, 0) is 19.3 Å². The van der Waals surface area contributed by atoms with E-state index in [1.54, 1.807) is 0 Å². The fraction of sp³-hybridized carbons (Fsp3) is 0.333. The minimum Gasteiger partial charge on any atom is -0.237 e. The van der Waals surface area contributed by atoms with Crippen molar-refractivity contribution in [3.05, 3.63) is 56.5 Å². The molecule has 0 fully saturated rings. The van der Waals surface area contributed by atoms with Crippen LogP contribution >= 0.6 is 27.5 Å². The molecule has 19 heavy (non-hydrogen) atoms. The third-order valence-corrected chi connectivity index (χ3v) is 4.30. The van der Waals surface area contributed by atoms with E-state index >= 15 is 0 Å². The average Bonchev–Trinajstić information content (AvgIpc) is 2.42. The van der Waals surface area contributed by atoms with E-state index in [2.05, 4.69) is 38.0 Å².